The summed E-state index contributed by atoms with van der Waals surface area (Å²) in [5.74, 6) is -0.358. The molecule has 2 N–H and O–H groups in total. The number of methoxy groups -OCH3 is 1. The predicted octanol–water partition coefficient (Wildman–Crippen LogP) is 2.76. The van der Waals surface area contributed by atoms with Crippen LogP contribution in [0.5, 0.6) is 0 Å². The Balaban J connectivity index is 0.00000169. The number of nitrogen functional groups attached to an aromatic ring is 1. The number of anilines is 1. The molecule has 0 spiro atoms. The van der Waals surface area contributed by atoms with Crippen molar-refractivity contribution in [3.05, 3.63) is 27.7 Å². The number of carbonyl (C=O) groups is 1. The number of esters is 1. The number of hydrogen-bond acceptors (Lipinski definition) is 3. The standard InChI is InChI=1S/C9H10BrNO2.CH4/c1-5-3-6(9(12)13-2)4-7(10)8(5)11;/h3-4H,11H2,1-2H3;1H4. The summed E-state index contributed by atoms with van der Waals surface area (Å²) in [5, 5.41) is 0. The molecule has 0 unspecified atom stereocenters. The van der Waals surface area contributed by atoms with E-state index in [1.54, 1.807) is 12.1 Å². The molecular weight excluding hydrogens is 246 g/mol. The first-order valence-corrected chi connectivity index (χ1v) is 4.49. The third-order valence-corrected chi connectivity index (χ3v) is 2.41. The minimum atomic E-state index is -0.358. The SMILES string of the molecule is C.COC(=O)c1cc(C)c(N)c(Br)c1. The molecule has 0 fully saturated rings. The fourth-order valence-corrected chi connectivity index (χ4v) is 1.55. The molecular formula is C10H14BrNO2. The Morgan fingerprint density at radius 3 is 2.50 bits per heavy atom. The van der Waals surface area contributed by atoms with Gasteiger partial charge in [-0.15, -0.1) is 0 Å². The van der Waals surface area contributed by atoms with Gasteiger partial charge in [0.25, 0.3) is 0 Å². The van der Waals surface area contributed by atoms with Crippen LogP contribution in [0.25, 0.3) is 0 Å². The highest BCUT2D eigenvalue weighted by molar-refractivity contribution is 9.10. The van der Waals surface area contributed by atoms with Gasteiger partial charge in [0.1, 0.15) is 0 Å². The van der Waals surface area contributed by atoms with Crippen molar-refractivity contribution in [2.75, 3.05) is 12.8 Å². The van der Waals surface area contributed by atoms with Crippen molar-refractivity contribution in [2.24, 2.45) is 0 Å². The van der Waals surface area contributed by atoms with Gasteiger partial charge in [-0.1, -0.05) is 7.43 Å². The molecule has 0 saturated heterocycles. The molecule has 0 bridgehead atoms. The number of ether oxygens (including phenoxy) is 1. The zero-order valence-corrected chi connectivity index (χ0v) is 9.01. The topological polar surface area (TPSA) is 52.3 Å². The molecule has 1 rings (SSSR count). The van der Waals surface area contributed by atoms with Gasteiger partial charge in [0, 0.05) is 10.2 Å². The zero-order valence-electron chi connectivity index (χ0n) is 7.43. The monoisotopic (exact) mass is 259 g/mol. The van der Waals surface area contributed by atoms with Gasteiger partial charge in [0.05, 0.1) is 12.7 Å². The molecule has 3 nitrogen and oxygen atoms in total. The van der Waals surface area contributed by atoms with Crippen molar-refractivity contribution in [1.82, 2.24) is 0 Å². The average molecular weight is 260 g/mol. The van der Waals surface area contributed by atoms with Crippen molar-refractivity contribution >= 4 is 27.6 Å². The average Bonchev–Trinajstić information content (AvgIpc) is 2.12. The number of hydrogen-bond donors (Lipinski definition) is 1. The maximum atomic E-state index is 11.1. The van der Waals surface area contributed by atoms with Crippen LogP contribution in [0.15, 0.2) is 16.6 Å². The second kappa shape index (κ2) is 5.00. The van der Waals surface area contributed by atoms with Gasteiger partial charge < -0.3 is 10.5 Å². The molecule has 1 aromatic carbocycles. The first kappa shape index (κ1) is 13.0. The van der Waals surface area contributed by atoms with Crippen LogP contribution in [0.4, 0.5) is 5.69 Å². The smallest absolute Gasteiger partial charge is 0.337 e. The summed E-state index contributed by atoms with van der Waals surface area (Å²) in [4.78, 5) is 11.1. The molecule has 0 aliphatic heterocycles. The van der Waals surface area contributed by atoms with E-state index >= 15 is 0 Å². The van der Waals surface area contributed by atoms with Crippen LogP contribution in [0.3, 0.4) is 0 Å². The highest BCUT2D eigenvalue weighted by atomic mass is 79.9. The number of halogens is 1. The van der Waals surface area contributed by atoms with Crippen molar-refractivity contribution in [3.63, 3.8) is 0 Å². The summed E-state index contributed by atoms with van der Waals surface area (Å²) >= 11 is 3.26. The third-order valence-electron chi connectivity index (χ3n) is 1.76. The normalized spacial score (nSPS) is 9.07. The van der Waals surface area contributed by atoms with Crippen LogP contribution in [0, 0.1) is 6.92 Å². The van der Waals surface area contributed by atoms with Crippen molar-refractivity contribution in [3.8, 4) is 0 Å². The maximum Gasteiger partial charge on any atom is 0.337 e. The summed E-state index contributed by atoms with van der Waals surface area (Å²) in [6, 6.07) is 3.35. The Kier molecular flexibility index (Phi) is 4.63. The number of aryl methyl sites for hydroxylation is 1. The third kappa shape index (κ3) is 2.48. The Labute approximate surface area is 92.4 Å². The lowest BCUT2D eigenvalue weighted by atomic mass is 10.1. The Morgan fingerprint density at radius 1 is 1.50 bits per heavy atom. The van der Waals surface area contributed by atoms with E-state index < -0.39 is 0 Å². The van der Waals surface area contributed by atoms with Crippen molar-refractivity contribution in [1.29, 1.82) is 0 Å². The molecule has 0 aromatic heterocycles. The minimum Gasteiger partial charge on any atom is -0.465 e. The predicted molar refractivity (Wildman–Crippen MR) is 61.4 cm³/mol. The molecule has 0 aliphatic carbocycles. The van der Waals surface area contributed by atoms with E-state index in [9.17, 15) is 4.79 Å². The van der Waals surface area contributed by atoms with Crippen molar-refractivity contribution < 1.29 is 9.53 Å². The van der Waals surface area contributed by atoms with Crippen LogP contribution in [0.1, 0.15) is 23.3 Å². The fraction of sp³-hybridized carbons (Fsp3) is 0.300. The molecule has 4 heteroatoms. The molecule has 0 heterocycles. The van der Waals surface area contributed by atoms with E-state index in [0.29, 0.717) is 15.7 Å². The number of benzene rings is 1. The molecule has 0 radical (unpaired) electrons. The quantitative estimate of drug-likeness (QED) is 0.624. The second-order valence-electron chi connectivity index (χ2n) is 2.68. The van der Waals surface area contributed by atoms with Crippen LogP contribution in [0.2, 0.25) is 0 Å². The molecule has 0 aliphatic rings. The summed E-state index contributed by atoms with van der Waals surface area (Å²) in [6.07, 6.45) is 0. The number of rotatable bonds is 1. The molecule has 14 heavy (non-hydrogen) atoms. The van der Waals surface area contributed by atoms with E-state index in [1.165, 1.54) is 7.11 Å². The highest BCUT2D eigenvalue weighted by Crippen LogP contribution is 2.24. The Hall–Kier alpha value is -1.03. The van der Waals surface area contributed by atoms with E-state index in [1.807, 2.05) is 6.92 Å². The summed E-state index contributed by atoms with van der Waals surface area (Å²) < 4.78 is 5.30. The second-order valence-corrected chi connectivity index (χ2v) is 3.53. The van der Waals surface area contributed by atoms with Crippen LogP contribution in [-0.4, -0.2) is 13.1 Å². The molecule has 0 amide bonds. The molecule has 0 atom stereocenters. The first-order valence-electron chi connectivity index (χ1n) is 3.70. The van der Waals surface area contributed by atoms with Gasteiger partial charge in [0.15, 0.2) is 0 Å². The lowest BCUT2D eigenvalue weighted by molar-refractivity contribution is 0.0600. The lowest BCUT2D eigenvalue weighted by Gasteiger charge is -2.05. The van der Waals surface area contributed by atoms with Crippen LogP contribution in [-0.2, 0) is 4.74 Å². The summed E-state index contributed by atoms with van der Waals surface area (Å²) in [7, 11) is 1.35. The van der Waals surface area contributed by atoms with Gasteiger partial charge in [-0.2, -0.15) is 0 Å². The highest BCUT2D eigenvalue weighted by Gasteiger charge is 2.09. The first-order chi connectivity index (χ1) is 6.06. The largest absolute Gasteiger partial charge is 0.465 e. The lowest BCUT2D eigenvalue weighted by Crippen LogP contribution is -2.03. The van der Waals surface area contributed by atoms with Crippen molar-refractivity contribution in [2.45, 2.75) is 14.4 Å². The summed E-state index contributed by atoms with van der Waals surface area (Å²) in [6.45, 7) is 1.84. The van der Waals surface area contributed by atoms with Gasteiger partial charge in [0.2, 0.25) is 0 Å². The van der Waals surface area contributed by atoms with Crippen LogP contribution >= 0.6 is 15.9 Å². The molecule has 0 saturated carbocycles. The Morgan fingerprint density at radius 2 is 2.07 bits per heavy atom. The van der Waals surface area contributed by atoms with Gasteiger partial charge in [-0.3, -0.25) is 0 Å². The summed E-state index contributed by atoms with van der Waals surface area (Å²) in [5.41, 5.74) is 7.70. The minimum absolute atomic E-state index is 0. The number of nitrogens with two attached hydrogens (primary N) is 1. The Bertz CT molecular complexity index is 327. The van der Waals surface area contributed by atoms with Gasteiger partial charge in [-0.25, -0.2) is 4.79 Å². The fourth-order valence-electron chi connectivity index (χ4n) is 0.991. The van der Waals surface area contributed by atoms with E-state index in [4.69, 9.17) is 5.73 Å². The van der Waals surface area contributed by atoms with E-state index in [2.05, 4.69) is 20.7 Å². The zero-order chi connectivity index (χ0) is 10.0. The maximum absolute atomic E-state index is 11.1. The van der Waals surface area contributed by atoms with Gasteiger partial charge in [-0.05, 0) is 40.5 Å². The molecule has 78 valence electrons. The van der Waals surface area contributed by atoms with Gasteiger partial charge >= 0.3 is 5.97 Å². The van der Waals surface area contributed by atoms with E-state index in [0.717, 1.165) is 5.56 Å². The number of carbonyl (C=O) groups excluding carboxylic acids is 1. The van der Waals surface area contributed by atoms with E-state index in [-0.39, 0.29) is 13.4 Å². The molecule has 1 aromatic rings. The van der Waals surface area contributed by atoms with Crippen LogP contribution < -0.4 is 5.73 Å².